The predicted molar refractivity (Wildman–Crippen MR) is 90.6 cm³/mol. The molecule has 1 atom stereocenters. The smallest absolute Gasteiger partial charge is 0.242 e. The Balaban J connectivity index is 2.10. The Bertz CT molecular complexity index is 714. The Morgan fingerprint density at radius 3 is 2.39 bits per heavy atom. The van der Waals surface area contributed by atoms with Crippen molar-refractivity contribution >= 4 is 5.91 Å². The Kier molecular flexibility index (Phi) is 5.51. The summed E-state index contributed by atoms with van der Waals surface area (Å²) in [7, 11) is 3.80. The molecule has 1 amide bonds. The van der Waals surface area contributed by atoms with Gasteiger partial charge in [-0.05, 0) is 49.8 Å². The molecule has 118 valence electrons. The molecule has 2 aromatic rings. The molecule has 0 aliphatic carbocycles. The van der Waals surface area contributed by atoms with Gasteiger partial charge in [-0.3, -0.25) is 9.69 Å². The Labute approximate surface area is 137 Å². The molecule has 23 heavy (non-hydrogen) atoms. The monoisotopic (exact) mass is 307 g/mol. The molecule has 0 aliphatic rings. The zero-order chi connectivity index (χ0) is 16.8. The van der Waals surface area contributed by atoms with Gasteiger partial charge in [0.25, 0.3) is 0 Å². The molecule has 0 saturated heterocycles. The van der Waals surface area contributed by atoms with Crippen LogP contribution in [0.1, 0.15) is 28.3 Å². The molecule has 0 unspecified atom stereocenters. The summed E-state index contributed by atoms with van der Waals surface area (Å²) in [5.74, 6) is -0.0336. The molecule has 0 saturated carbocycles. The summed E-state index contributed by atoms with van der Waals surface area (Å²) in [6, 6.07) is 16.9. The predicted octanol–water partition coefficient (Wildman–Crippen LogP) is 2.79. The van der Waals surface area contributed by atoms with E-state index in [1.54, 1.807) is 12.1 Å². The van der Waals surface area contributed by atoms with Gasteiger partial charge in [-0.25, -0.2) is 0 Å². The molecule has 1 N–H and O–H groups in total. The summed E-state index contributed by atoms with van der Waals surface area (Å²) >= 11 is 0. The van der Waals surface area contributed by atoms with Crippen molar-refractivity contribution in [3.8, 4) is 6.07 Å². The third kappa shape index (κ3) is 4.18. The summed E-state index contributed by atoms with van der Waals surface area (Å²) in [4.78, 5) is 14.5. The number of hydrogen-bond donors (Lipinski definition) is 1. The van der Waals surface area contributed by atoms with Crippen LogP contribution in [0.25, 0.3) is 0 Å². The number of amides is 1. The third-order valence-corrected chi connectivity index (χ3v) is 3.80. The lowest BCUT2D eigenvalue weighted by atomic mass is 9.99. The van der Waals surface area contributed by atoms with Crippen molar-refractivity contribution in [1.29, 1.82) is 5.26 Å². The first-order valence-corrected chi connectivity index (χ1v) is 7.51. The maximum Gasteiger partial charge on any atom is 0.242 e. The second kappa shape index (κ2) is 7.57. The number of aryl methyl sites for hydroxylation is 1. The van der Waals surface area contributed by atoms with Gasteiger partial charge in [0.05, 0.1) is 11.6 Å². The van der Waals surface area contributed by atoms with Crippen molar-refractivity contribution in [3.63, 3.8) is 0 Å². The van der Waals surface area contributed by atoms with Crippen LogP contribution < -0.4 is 5.32 Å². The molecular formula is C19H21N3O. The van der Waals surface area contributed by atoms with Gasteiger partial charge in [0.15, 0.2) is 0 Å². The fourth-order valence-corrected chi connectivity index (χ4v) is 2.53. The van der Waals surface area contributed by atoms with E-state index in [2.05, 4.69) is 11.4 Å². The number of nitrogens with zero attached hydrogens (tertiary/aromatic N) is 2. The van der Waals surface area contributed by atoms with Crippen LogP contribution in [0.2, 0.25) is 0 Å². The number of likely N-dealkylation sites (N-methyl/N-ethyl adjacent to an activating group) is 1. The number of benzene rings is 2. The highest BCUT2D eigenvalue weighted by atomic mass is 16.2. The topological polar surface area (TPSA) is 56.1 Å². The molecule has 0 radical (unpaired) electrons. The standard InChI is InChI=1S/C19H21N3O/c1-14-6-4-5-7-17(14)18(22(2)3)19(23)21-13-16-10-8-15(12-20)9-11-16/h4-11,18H,13H2,1-3H3,(H,21,23)/t18-/m1/s1. The first-order valence-electron chi connectivity index (χ1n) is 7.51. The second-order valence-corrected chi connectivity index (χ2v) is 5.75. The van der Waals surface area contributed by atoms with E-state index in [1.807, 2.05) is 62.3 Å². The molecule has 0 aromatic heterocycles. The maximum absolute atomic E-state index is 12.6. The molecule has 0 heterocycles. The first kappa shape index (κ1) is 16.7. The molecular weight excluding hydrogens is 286 g/mol. The number of carbonyl (C=O) groups excluding carboxylic acids is 1. The zero-order valence-corrected chi connectivity index (χ0v) is 13.7. The largest absolute Gasteiger partial charge is 0.350 e. The summed E-state index contributed by atoms with van der Waals surface area (Å²) in [5.41, 5.74) is 3.69. The highest BCUT2D eigenvalue weighted by molar-refractivity contribution is 5.83. The lowest BCUT2D eigenvalue weighted by molar-refractivity contribution is -0.126. The number of rotatable bonds is 5. The van der Waals surface area contributed by atoms with Gasteiger partial charge in [-0.2, -0.15) is 5.26 Å². The lowest BCUT2D eigenvalue weighted by Gasteiger charge is -2.25. The summed E-state index contributed by atoms with van der Waals surface area (Å²) in [6.45, 7) is 2.46. The van der Waals surface area contributed by atoms with Crippen LogP contribution in [0, 0.1) is 18.3 Å². The van der Waals surface area contributed by atoms with Gasteiger partial charge in [0, 0.05) is 6.54 Å². The van der Waals surface area contributed by atoms with Crippen LogP contribution in [0.5, 0.6) is 0 Å². The number of hydrogen-bond acceptors (Lipinski definition) is 3. The number of carbonyl (C=O) groups is 1. The molecule has 2 rings (SSSR count). The minimum Gasteiger partial charge on any atom is -0.350 e. The lowest BCUT2D eigenvalue weighted by Crippen LogP contribution is -2.37. The fourth-order valence-electron chi connectivity index (χ4n) is 2.53. The van der Waals surface area contributed by atoms with E-state index in [1.165, 1.54) is 0 Å². The van der Waals surface area contributed by atoms with E-state index in [0.29, 0.717) is 12.1 Å². The van der Waals surface area contributed by atoms with E-state index in [4.69, 9.17) is 5.26 Å². The average Bonchev–Trinajstić information content (AvgIpc) is 2.55. The Morgan fingerprint density at radius 2 is 1.83 bits per heavy atom. The van der Waals surface area contributed by atoms with E-state index < -0.39 is 0 Å². The van der Waals surface area contributed by atoms with Crippen LogP contribution in [-0.2, 0) is 11.3 Å². The molecule has 4 heteroatoms. The van der Waals surface area contributed by atoms with Crippen molar-refractivity contribution in [2.24, 2.45) is 0 Å². The van der Waals surface area contributed by atoms with Crippen molar-refractivity contribution < 1.29 is 4.79 Å². The van der Waals surface area contributed by atoms with Gasteiger partial charge >= 0.3 is 0 Å². The highest BCUT2D eigenvalue weighted by Gasteiger charge is 2.23. The molecule has 0 fully saturated rings. The van der Waals surface area contributed by atoms with Crippen LogP contribution in [0.15, 0.2) is 48.5 Å². The van der Waals surface area contributed by atoms with Gasteiger partial charge in [0.1, 0.15) is 6.04 Å². The minimum absolute atomic E-state index is 0.0336. The van der Waals surface area contributed by atoms with Gasteiger partial charge in [0.2, 0.25) is 5.91 Å². The number of nitriles is 1. The van der Waals surface area contributed by atoms with E-state index in [0.717, 1.165) is 16.7 Å². The summed E-state index contributed by atoms with van der Waals surface area (Å²) in [5, 5.41) is 11.8. The number of nitrogens with one attached hydrogen (secondary N) is 1. The molecule has 4 nitrogen and oxygen atoms in total. The maximum atomic E-state index is 12.6. The van der Waals surface area contributed by atoms with Crippen molar-refractivity contribution in [1.82, 2.24) is 10.2 Å². The summed E-state index contributed by atoms with van der Waals surface area (Å²) < 4.78 is 0. The molecule has 0 spiro atoms. The van der Waals surface area contributed by atoms with Crippen molar-refractivity contribution in [2.45, 2.75) is 19.5 Å². The summed E-state index contributed by atoms with van der Waals surface area (Å²) in [6.07, 6.45) is 0. The fraction of sp³-hybridized carbons (Fsp3) is 0.263. The van der Waals surface area contributed by atoms with Crippen LogP contribution >= 0.6 is 0 Å². The SMILES string of the molecule is Cc1ccccc1[C@H](C(=O)NCc1ccc(C#N)cc1)N(C)C. The zero-order valence-electron chi connectivity index (χ0n) is 13.7. The third-order valence-electron chi connectivity index (χ3n) is 3.80. The first-order chi connectivity index (χ1) is 11.0. The van der Waals surface area contributed by atoms with E-state index in [-0.39, 0.29) is 11.9 Å². The van der Waals surface area contributed by atoms with Crippen LogP contribution in [-0.4, -0.2) is 24.9 Å². The Morgan fingerprint density at radius 1 is 1.17 bits per heavy atom. The normalized spacial score (nSPS) is 11.8. The second-order valence-electron chi connectivity index (χ2n) is 5.75. The Hall–Kier alpha value is -2.64. The van der Waals surface area contributed by atoms with E-state index in [9.17, 15) is 4.79 Å². The molecule has 0 aliphatic heterocycles. The van der Waals surface area contributed by atoms with Crippen LogP contribution in [0.4, 0.5) is 0 Å². The van der Waals surface area contributed by atoms with E-state index >= 15 is 0 Å². The van der Waals surface area contributed by atoms with Crippen molar-refractivity contribution in [2.75, 3.05) is 14.1 Å². The van der Waals surface area contributed by atoms with Crippen LogP contribution in [0.3, 0.4) is 0 Å². The quantitative estimate of drug-likeness (QED) is 0.924. The van der Waals surface area contributed by atoms with Crippen molar-refractivity contribution in [3.05, 3.63) is 70.8 Å². The minimum atomic E-state index is -0.324. The van der Waals surface area contributed by atoms with Gasteiger partial charge < -0.3 is 5.32 Å². The van der Waals surface area contributed by atoms with Gasteiger partial charge in [-0.1, -0.05) is 36.4 Å². The molecule has 0 bridgehead atoms. The average molecular weight is 307 g/mol. The molecule has 2 aromatic carbocycles. The highest BCUT2D eigenvalue weighted by Crippen LogP contribution is 2.22. The van der Waals surface area contributed by atoms with Gasteiger partial charge in [-0.15, -0.1) is 0 Å².